The summed E-state index contributed by atoms with van der Waals surface area (Å²) in [6, 6.07) is 3.80. The number of aromatic nitrogens is 2. The molecule has 1 aliphatic rings. The number of hydrogen-bond donors (Lipinski definition) is 3. The van der Waals surface area contributed by atoms with E-state index in [1.807, 2.05) is 0 Å². The molecule has 1 heterocycles. The Morgan fingerprint density at radius 2 is 2.00 bits per heavy atom. The molecule has 1 fully saturated rings. The Labute approximate surface area is 235 Å². The van der Waals surface area contributed by atoms with E-state index in [2.05, 4.69) is 37.8 Å². The number of likely N-dealkylation sites (N-methyl/N-ethyl adjacent to an activating group) is 1. The highest BCUT2D eigenvalue weighted by Gasteiger charge is 2.29. The number of ether oxygens (including phenoxy) is 2. The first kappa shape index (κ1) is 30.5. The van der Waals surface area contributed by atoms with Crippen LogP contribution in [-0.2, 0) is 9.53 Å². The van der Waals surface area contributed by atoms with Crippen LogP contribution in [0.2, 0.25) is 0 Å². The van der Waals surface area contributed by atoms with Crippen LogP contribution < -0.4 is 20.7 Å². The first-order valence-electron chi connectivity index (χ1n) is 13.3. The molecule has 216 valence electrons. The number of nitrogens with one attached hydrogen (secondary N) is 3. The first-order valence-corrected chi connectivity index (χ1v) is 13.3. The monoisotopic (exact) mass is 554 g/mol. The van der Waals surface area contributed by atoms with Crippen molar-refractivity contribution in [2.75, 3.05) is 31.8 Å². The van der Waals surface area contributed by atoms with Crippen molar-refractivity contribution in [1.82, 2.24) is 20.2 Å². The van der Waals surface area contributed by atoms with E-state index >= 15 is 0 Å². The Morgan fingerprint density at radius 3 is 2.65 bits per heavy atom. The quantitative estimate of drug-likeness (QED) is 0.422. The van der Waals surface area contributed by atoms with Gasteiger partial charge in [0, 0.05) is 37.8 Å². The number of carbonyl (C=O) groups is 2. The molecule has 10 nitrogen and oxygen atoms in total. The molecule has 0 bridgehead atoms. The normalized spacial score (nSPS) is 17.5. The SMILES string of the molecule is CNc1nc(Nc2ccc(OC)c(F)c2)ncc1C#C[C@@H]1CCC[C@H](NC(=O)[C@H](C)N(C)C(=O)OC(C)(C)C)C1. The summed E-state index contributed by atoms with van der Waals surface area (Å²) in [6.07, 6.45) is 4.49. The summed E-state index contributed by atoms with van der Waals surface area (Å²) >= 11 is 0. The molecule has 3 N–H and O–H groups in total. The van der Waals surface area contributed by atoms with Gasteiger partial charge in [0.25, 0.3) is 0 Å². The minimum Gasteiger partial charge on any atom is -0.494 e. The molecule has 11 heteroatoms. The van der Waals surface area contributed by atoms with Crippen LogP contribution in [-0.4, -0.2) is 65.8 Å². The van der Waals surface area contributed by atoms with E-state index in [0.29, 0.717) is 29.4 Å². The third-order valence-electron chi connectivity index (χ3n) is 6.51. The maximum atomic E-state index is 14.0. The highest BCUT2D eigenvalue weighted by Crippen LogP contribution is 2.26. The Kier molecular flexibility index (Phi) is 10.2. The number of anilines is 3. The topological polar surface area (TPSA) is 118 Å². The number of benzene rings is 1. The smallest absolute Gasteiger partial charge is 0.410 e. The van der Waals surface area contributed by atoms with Crippen molar-refractivity contribution in [3.63, 3.8) is 0 Å². The molecular weight excluding hydrogens is 515 g/mol. The van der Waals surface area contributed by atoms with Gasteiger partial charge in [0.1, 0.15) is 17.5 Å². The van der Waals surface area contributed by atoms with Crippen LogP contribution in [0.5, 0.6) is 5.75 Å². The van der Waals surface area contributed by atoms with Crippen LogP contribution in [0.25, 0.3) is 0 Å². The van der Waals surface area contributed by atoms with Crippen molar-refractivity contribution in [2.24, 2.45) is 5.92 Å². The van der Waals surface area contributed by atoms with Gasteiger partial charge < -0.3 is 25.4 Å². The zero-order valence-electron chi connectivity index (χ0n) is 24.2. The number of methoxy groups -OCH3 is 1. The summed E-state index contributed by atoms with van der Waals surface area (Å²) in [5, 5.41) is 9.09. The van der Waals surface area contributed by atoms with E-state index in [1.54, 1.807) is 54.1 Å². The zero-order valence-corrected chi connectivity index (χ0v) is 24.2. The van der Waals surface area contributed by atoms with Gasteiger partial charge in [0.15, 0.2) is 11.6 Å². The van der Waals surface area contributed by atoms with E-state index < -0.39 is 23.6 Å². The fraction of sp³-hybridized carbons (Fsp3) is 0.517. The molecule has 40 heavy (non-hydrogen) atoms. The molecule has 2 amide bonds. The molecule has 1 aliphatic carbocycles. The van der Waals surface area contributed by atoms with Crippen molar-refractivity contribution in [1.29, 1.82) is 0 Å². The van der Waals surface area contributed by atoms with Crippen LogP contribution in [0, 0.1) is 23.6 Å². The molecule has 0 spiro atoms. The molecule has 3 atom stereocenters. The van der Waals surface area contributed by atoms with Gasteiger partial charge in [-0.1, -0.05) is 18.3 Å². The largest absolute Gasteiger partial charge is 0.494 e. The summed E-state index contributed by atoms with van der Waals surface area (Å²) in [6.45, 7) is 7.04. The van der Waals surface area contributed by atoms with Crippen molar-refractivity contribution < 1.29 is 23.5 Å². The van der Waals surface area contributed by atoms with Gasteiger partial charge in [-0.15, -0.1) is 0 Å². The van der Waals surface area contributed by atoms with Gasteiger partial charge >= 0.3 is 6.09 Å². The Bertz CT molecular complexity index is 1270. The second kappa shape index (κ2) is 13.3. The minimum absolute atomic E-state index is 0.0356. The number of amides is 2. The van der Waals surface area contributed by atoms with E-state index in [4.69, 9.17) is 9.47 Å². The lowest BCUT2D eigenvalue weighted by atomic mass is 9.86. The predicted molar refractivity (Wildman–Crippen MR) is 152 cm³/mol. The van der Waals surface area contributed by atoms with Gasteiger partial charge in [-0.05, 0) is 59.1 Å². The minimum atomic E-state index is -0.668. The fourth-order valence-electron chi connectivity index (χ4n) is 4.22. The first-order chi connectivity index (χ1) is 18.9. The number of nitrogens with zero attached hydrogens (tertiary/aromatic N) is 3. The summed E-state index contributed by atoms with van der Waals surface area (Å²) in [5.41, 5.74) is 0.482. The lowest BCUT2D eigenvalue weighted by Gasteiger charge is -2.31. The number of rotatable bonds is 7. The number of halogens is 1. The second-order valence-corrected chi connectivity index (χ2v) is 10.8. The number of hydrogen-bond acceptors (Lipinski definition) is 8. The van der Waals surface area contributed by atoms with Crippen LogP contribution in [0.3, 0.4) is 0 Å². The van der Waals surface area contributed by atoms with E-state index in [0.717, 1.165) is 19.3 Å². The van der Waals surface area contributed by atoms with Crippen molar-refractivity contribution in [3.8, 4) is 17.6 Å². The lowest BCUT2D eigenvalue weighted by Crippen LogP contribution is -2.50. The highest BCUT2D eigenvalue weighted by atomic mass is 19.1. The molecule has 1 aromatic heterocycles. The van der Waals surface area contributed by atoms with Gasteiger partial charge in [0.2, 0.25) is 11.9 Å². The standard InChI is InChI=1S/C29H39FN6O4/c1-18(36(6)28(38)40-29(2,3)4)26(37)33-21-10-8-9-19(15-21)11-12-20-17-32-27(35-25(20)31-5)34-22-13-14-24(39-7)23(30)16-22/h13-14,16-19,21H,8-10,15H2,1-7H3,(H,33,37)(H2,31,32,34,35)/t18-,19-,21-/m0/s1. The van der Waals surface area contributed by atoms with E-state index in [1.165, 1.54) is 24.1 Å². The van der Waals surface area contributed by atoms with Crippen LogP contribution in [0.1, 0.15) is 58.9 Å². The van der Waals surface area contributed by atoms with Crippen LogP contribution in [0.15, 0.2) is 24.4 Å². The van der Waals surface area contributed by atoms with Gasteiger partial charge in [-0.25, -0.2) is 14.2 Å². The average molecular weight is 555 g/mol. The Hall–Kier alpha value is -4.07. The van der Waals surface area contributed by atoms with E-state index in [-0.39, 0.29) is 23.6 Å². The molecular formula is C29H39FN6O4. The molecule has 0 saturated heterocycles. The van der Waals surface area contributed by atoms with Gasteiger partial charge in [-0.3, -0.25) is 9.69 Å². The van der Waals surface area contributed by atoms with Crippen molar-refractivity contribution >= 4 is 29.5 Å². The third kappa shape index (κ3) is 8.46. The van der Waals surface area contributed by atoms with Crippen molar-refractivity contribution in [2.45, 2.75) is 71.1 Å². The highest BCUT2D eigenvalue weighted by molar-refractivity contribution is 5.85. The summed E-state index contributed by atoms with van der Waals surface area (Å²) in [7, 11) is 4.71. The van der Waals surface area contributed by atoms with E-state index in [9.17, 15) is 14.0 Å². The fourth-order valence-corrected chi connectivity index (χ4v) is 4.22. The molecule has 0 aliphatic heterocycles. The second-order valence-electron chi connectivity index (χ2n) is 10.8. The lowest BCUT2D eigenvalue weighted by molar-refractivity contribution is -0.126. The molecule has 1 saturated carbocycles. The number of carbonyl (C=O) groups excluding carboxylic acids is 2. The summed E-state index contributed by atoms with van der Waals surface area (Å²) < 4.78 is 24.3. The molecule has 0 radical (unpaired) electrons. The predicted octanol–water partition coefficient (Wildman–Crippen LogP) is 4.69. The average Bonchev–Trinajstić information content (AvgIpc) is 2.90. The molecule has 2 aromatic rings. The summed E-state index contributed by atoms with van der Waals surface area (Å²) in [4.78, 5) is 35.3. The summed E-state index contributed by atoms with van der Waals surface area (Å²) in [5.74, 6) is 6.85. The Morgan fingerprint density at radius 1 is 1.25 bits per heavy atom. The van der Waals surface area contributed by atoms with Crippen LogP contribution >= 0.6 is 0 Å². The molecule has 0 unspecified atom stereocenters. The van der Waals surface area contributed by atoms with Crippen LogP contribution in [0.4, 0.5) is 26.6 Å². The maximum absolute atomic E-state index is 14.0. The third-order valence-corrected chi connectivity index (χ3v) is 6.51. The Balaban J connectivity index is 1.61. The zero-order chi connectivity index (χ0) is 29.4. The maximum Gasteiger partial charge on any atom is 0.410 e. The molecule has 1 aromatic carbocycles. The van der Waals surface area contributed by atoms with Gasteiger partial charge in [-0.2, -0.15) is 4.98 Å². The van der Waals surface area contributed by atoms with Gasteiger partial charge in [0.05, 0.1) is 18.9 Å². The van der Waals surface area contributed by atoms with Crippen molar-refractivity contribution in [3.05, 3.63) is 35.8 Å². The molecule has 3 rings (SSSR count).